The van der Waals surface area contributed by atoms with Gasteiger partial charge in [0.2, 0.25) is 0 Å². The molecule has 2 aromatic heterocycles. The summed E-state index contributed by atoms with van der Waals surface area (Å²) in [5.41, 5.74) is 0.799. The van der Waals surface area contributed by atoms with E-state index in [1.807, 2.05) is 17.0 Å². The van der Waals surface area contributed by atoms with Gasteiger partial charge in [0.25, 0.3) is 11.6 Å². The predicted octanol–water partition coefficient (Wildman–Crippen LogP) is 4.40. The van der Waals surface area contributed by atoms with Crippen LogP contribution in [-0.2, 0) is 0 Å². The molecular weight excluding hydrogens is 464 g/mol. The van der Waals surface area contributed by atoms with Gasteiger partial charge in [-0.2, -0.15) is 0 Å². The number of methoxy groups -OCH3 is 2. The summed E-state index contributed by atoms with van der Waals surface area (Å²) in [6.45, 7) is 2.48. The van der Waals surface area contributed by atoms with Crippen molar-refractivity contribution in [3.05, 3.63) is 51.4 Å². The third-order valence-electron chi connectivity index (χ3n) is 5.65. The number of benzene rings is 2. The van der Waals surface area contributed by atoms with Crippen LogP contribution in [0.1, 0.15) is 9.67 Å². The van der Waals surface area contributed by atoms with Crippen LogP contribution in [0.15, 0.2) is 36.4 Å². The fraction of sp³-hybridized carbons (Fsp3) is 0.273. The molecule has 9 nitrogen and oxygen atoms in total. The number of thiazole rings is 1. The summed E-state index contributed by atoms with van der Waals surface area (Å²) in [5, 5.41) is 12.6. The normalized spacial score (nSPS) is 14.1. The molecule has 0 atom stereocenters. The maximum absolute atomic E-state index is 13.1. The molecule has 0 radical (unpaired) electrons. The van der Waals surface area contributed by atoms with Crippen molar-refractivity contribution in [3.8, 4) is 11.5 Å². The molecule has 0 aliphatic carbocycles. The molecular formula is C22H20N4O5S2. The number of carbonyl (C=O) groups excluding carboxylic acids is 1. The van der Waals surface area contributed by atoms with Crippen molar-refractivity contribution in [1.82, 2.24) is 9.88 Å². The van der Waals surface area contributed by atoms with E-state index < -0.39 is 4.92 Å². The number of hydrogen-bond acceptors (Lipinski definition) is 9. The van der Waals surface area contributed by atoms with Crippen LogP contribution in [0, 0.1) is 10.1 Å². The van der Waals surface area contributed by atoms with Crippen molar-refractivity contribution in [1.29, 1.82) is 0 Å². The number of piperazine rings is 1. The van der Waals surface area contributed by atoms with Crippen LogP contribution in [0.2, 0.25) is 0 Å². The third-order valence-corrected chi connectivity index (χ3v) is 7.84. The Labute approximate surface area is 196 Å². The summed E-state index contributed by atoms with van der Waals surface area (Å²) in [7, 11) is 3.21. The first-order chi connectivity index (χ1) is 16.0. The van der Waals surface area contributed by atoms with E-state index in [9.17, 15) is 14.9 Å². The lowest BCUT2D eigenvalue weighted by molar-refractivity contribution is -0.384. The fourth-order valence-corrected chi connectivity index (χ4v) is 5.97. The maximum atomic E-state index is 13.1. The Kier molecular flexibility index (Phi) is 5.51. The number of nitro groups is 1. The highest BCUT2D eigenvalue weighted by Crippen LogP contribution is 2.40. The summed E-state index contributed by atoms with van der Waals surface area (Å²) in [6, 6.07) is 10.3. The van der Waals surface area contributed by atoms with E-state index in [2.05, 4.69) is 4.90 Å². The Balaban J connectivity index is 1.31. The number of aromatic nitrogens is 1. The second kappa shape index (κ2) is 8.49. The molecule has 11 heteroatoms. The summed E-state index contributed by atoms with van der Waals surface area (Å²) < 4.78 is 12.8. The third kappa shape index (κ3) is 3.83. The fourth-order valence-electron chi connectivity index (χ4n) is 3.94. The molecule has 1 saturated heterocycles. The minimum Gasteiger partial charge on any atom is -0.493 e. The van der Waals surface area contributed by atoms with Gasteiger partial charge in [-0.15, -0.1) is 11.3 Å². The number of carbonyl (C=O) groups is 1. The summed E-state index contributed by atoms with van der Waals surface area (Å²) in [4.78, 5) is 33.0. The quantitative estimate of drug-likeness (QED) is 0.306. The maximum Gasteiger partial charge on any atom is 0.270 e. The molecule has 0 spiro atoms. The van der Waals surface area contributed by atoms with Crippen LogP contribution in [0.5, 0.6) is 11.5 Å². The smallest absolute Gasteiger partial charge is 0.270 e. The van der Waals surface area contributed by atoms with E-state index in [-0.39, 0.29) is 11.6 Å². The van der Waals surface area contributed by atoms with Gasteiger partial charge in [-0.1, -0.05) is 11.3 Å². The molecule has 2 aromatic carbocycles. The number of ether oxygens (including phenoxy) is 2. The predicted molar refractivity (Wildman–Crippen MR) is 129 cm³/mol. The Hall–Kier alpha value is -3.44. The number of hydrogen-bond donors (Lipinski definition) is 0. The molecule has 33 heavy (non-hydrogen) atoms. The largest absolute Gasteiger partial charge is 0.493 e. The van der Waals surface area contributed by atoms with Gasteiger partial charge < -0.3 is 19.3 Å². The van der Waals surface area contributed by atoms with Crippen LogP contribution >= 0.6 is 22.7 Å². The first kappa shape index (κ1) is 21.4. The SMILES string of the molecule is COc1ccc2sc(N3CCN(C(=O)c4cc5cc([N+](=O)[O-])ccc5s4)CC3)nc2c1OC. The first-order valence-electron chi connectivity index (χ1n) is 10.2. The lowest BCUT2D eigenvalue weighted by Gasteiger charge is -2.34. The van der Waals surface area contributed by atoms with E-state index in [0.29, 0.717) is 42.6 Å². The van der Waals surface area contributed by atoms with E-state index in [1.165, 1.54) is 23.5 Å². The monoisotopic (exact) mass is 484 g/mol. The van der Waals surface area contributed by atoms with Crippen molar-refractivity contribution in [3.63, 3.8) is 0 Å². The molecule has 4 aromatic rings. The van der Waals surface area contributed by atoms with Crippen molar-refractivity contribution in [2.45, 2.75) is 0 Å². The van der Waals surface area contributed by atoms with Crippen LogP contribution < -0.4 is 14.4 Å². The Morgan fingerprint density at radius 2 is 1.79 bits per heavy atom. The molecule has 0 saturated carbocycles. The zero-order chi connectivity index (χ0) is 23.1. The standard InChI is InChI=1S/C22H20N4O5S2/c1-30-15-4-6-17-19(20(15)31-2)23-22(33-17)25-9-7-24(8-10-25)21(27)18-12-13-11-14(26(28)29)3-5-16(13)32-18/h3-6,11-12H,7-10H2,1-2H3. The highest BCUT2D eigenvalue weighted by atomic mass is 32.1. The summed E-state index contributed by atoms with van der Waals surface area (Å²) in [6.07, 6.45) is 0. The van der Waals surface area contributed by atoms with Crippen LogP contribution in [0.3, 0.4) is 0 Å². The zero-order valence-electron chi connectivity index (χ0n) is 17.9. The van der Waals surface area contributed by atoms with E-state index in [1.54, 1.807) is 37.7 Å². The van der Waals surface area contributed by atoms with E-state index in [4.69, 9.17) is 14.5 Å². The zero-order valence-corrected chi connectivity index (χ0v) is 19.6. The Morgan fingerprint density at radius 1 is 1.03 bits per heavy atom. The lowest BCUT2D eigenvalue weighted by Crippen LogP contribution is -2.48. The number of anilines is 1. The van der Waals surface area contributed by atoms with E-state index >= 15 is 0 Å². The van der Waals surface area contributed by atoms with Gasteiger partial charge in [0.15, 0.2) is 16.6 Å². The number of rotatable bonds is 5. The van der Waals surface area contributed by atoms with Gasteiger partial charge in [-0.25, -0.2) is 4.98 Å². The molecule has 170 valence electrons. The Morgan fingerprint density at radius 3 is 2.48 bits per heavy atom. The van der Waals surface area contributed by atoms with Crippen LogP contribution in [0.25, 0.3) is 20.3 Å². The average molecular weight is 485 g/mol. The van der Waals surface area contributed by atoms with Gasteiger partial charge in [-0.3, -0.25) is 14.9 Å². The number of amides is 1. The highest BCUT2D eigenvalue weighted by Gasteiger charge is 2.26. The van der Waals surface area contributed by atoms with Gasteiger partial charge in [0.05, 0.1) is 28.7 Å². The van der Waals surface area contributed by atoms with Crippen LogP contribution in [0.4, 0.5) is 10.8 Å². The molecule has 3 heterocycles. The minimum atomic E-state index is -0.425. The van der Waals surface area contributed by atoms with Crippen molar-refractivity contribution in [2.24, 2.45) is 0 Å². The number of nitro benzene ring substituents is 1. The van der Waals surface area contributed by atoms with E-state index in [0.717, 1.165) is 25.4 Å². The van der Waals surface area contributed by atoms with Gasteiger partial charge in [0.1, 0.15) is 5.52 Å². The molecule has 1 aliphatic rings. The lowest BCUT2D eigenvalue weighted by atomic mass is 10.2. The average Bonchev–Trinajstić information content (AvgIpc) is 3.46. The molecule has 5 rings (SSSR count). The second-order valence-electron chi connectivity index (χ2n) is 7.51. The summed E-state index contributed by atoms with van der Waals surface area (Å²) >= 11 is 2.95. The topological polar surface area (TPSA) is 98.0 Å². The summed E-state index contributed by atoms with van der Waals surface area (Å²) in [5.74, 6) is 1.22. The molecule has 0 N–H and O–H groups in total. The van der Waals surface area contributed by atoms with Crippen molar-refractivity contribution < 1.29 is 19.2 Å². The molecule has 1 fully saturated rings. The first-order valence-corrected chi connectivity index (χ1v) is 11.9. The number of nitrogens with zero attached hydrogens (tertiary/aromatic N) is 4. The minimum absolute atomic E-state index is 0.0259. The molecule has 0 unspecified atom stereocenters. The highest BCUT2D eigenvalue weighted by molar-refractivity contribution is 7.22. The molecule has 0 bridgehead atoms. The molecule has 1 amide bonds. The molecule has 1 aliphatic heterocycles. The Bertz CT molecular complexity index is 1370. The van der Waals surface area contributed by atoms with Gasteiger partial charge in [-0.05, 0) is 24.3 Å². The number of fused-ring (bicyclic) bond motifs is 2. The van der Waals surface area contributed by atoms with Gasteiger partial charge in [0, 0.05) is 48.4 Å². The van der Waals surface area contributed by atoms with Crippen molar-refractivity contribution in [2.75, 3.05) is 45.3 Å². The van der Waals surface area contributed by atoms with Crippen molar-refractivity contribution >= 4 is 59.7 Å². The van der Waals surface area contributed by atoms with Gasteiger partial charge >= 0.3 is 0 Å². The number of non-ortho nitro benzene ring substituents is 1. The number of thiophene rings is 1. The second-order valence-corrected chi connectivity index (χ2v) is 9.61. The van der Waals surface area contributed by atoms with Crippen LogP contribution in [-0.4, -0.2) is 61.1 Å².